The van der Waals surface area contributed by atoms with Gasteiger partial charge >= 0.3 is 0 Å². The zero-order chi connectivity index (χ0) is 17.8. The number of benzene rings is 2. The summed E-state index contributed by atoms with van der Waals surface area (Å²) in [5, 5.41) is 2.74. The van der Waals surface area contributed by atoms with Gasteiger partial charge in [0.2, 0.25) is 0 Å². The number of nitrogens with zero attached hydrogens (tertiary/aromatic N) is 1. The van der Waals surface area contributed by atoms with Crippen molar-refractivity contribution < 1.29 is 18.3 Å². The van der Waals surface area contributed by atoms with Gasteiger partial charge < -0.3 is 15.0 Å². The molecule has 0 saturated carbocycles. The molecule has 132 valence electrons. The second-order valence-electron chi connectivity index (χ2n) is 6.14. The third-order valence-corrected chi connectivity index (χ3v) is 4.43. The van der Waals surface area contributed by atoms with Gasteiger partial charge in [0, 0.05) is 37.5 Å². The summed E-state index contributed by atoms with van der Waals surface area (Å²) in [6.45, 7) is 2.15. The van der Waals surface area contributed by atoms with Crippen LogP contribution in [0.5, 0.6) is 5.75 Å². The standard InChI is InChI=1S/C19H20F2N2O2/c1-25-16-4-2-3-15(10-16)23-8-7-13(12-23)11-22-19(24)17-6-5-14(20)9-18(17)21/h2-6,9-10,13H,7-8,11-12H2,1H3,(H,22,24)/t13-/m1/s1. The summed E-state index contributed by atoms with van der Waals surface area (Å²) < 4.78 is 31.8. The Labute approximate surface area is 145 Å². The number of ether oxygens (including phenoxy) is 1. The maximum atomic E-state index is 13.6. The molecule has 0 spiro atoms. The SMILES string of the molecule is COc1cccc(N2CC[C@H](CNC(=O)c3ccc(F)cc3F)C2)c1. The van der Waals surface area contributed by atoms with Gasteiger partial charge in [0.25, 0.3) is 5.91 Å². The summed E-state index contributed by atoms with van der Waals surface area (Å²) in [6.07, 6.45) is 0.934. The molecule has 25 heavy (non-hydrogen) atoms. The lowest BCUT2D eigenvalue weighted by atomic mass is 10.1. The molecule has 1 N–H and O–H groups in total. The summed E-state index contributed by atoms with van der Waals surface area (Å²) in [6, 6.07) is 10.8. The van der Waals surface area contributed by atoms with Crippen molar-refractivity contribution in [1.82, 2.24) is 5.32 Å². The van der Waals surface area contributed by atoms with Crippen LogP contribution in [0.1, 0.15) is 16.8 Å². The minimum absolute atomic E-state index is 0.135. The first-order valence-corrected chi connectivity index (χ1v) is 8.19. The number of carbonyl (C=O) groups is 1. The molecule has 1 aliphatic heterocycles. The number of amides is 1. The molecule has 1 heterocycles. The number of carbonyl (C=O) groups excluding carboxylic acids is 1. The van der Waals surface area contributed by atoms with Crippen molar-refractivity contribution in [1.29, 1.82) is 0 Å². The van der Waals surface area contributed by atoms with E-state index in [1.54, 1.807) is 7.11 Å². The Morgan fingerprint density at radius 1 is 1.28 bits per heavy atom. The van der Waals surface area contributed by atoms with Gasteiger partial charge in [-0.1, -0.05) is 6.07 Å². The number of methoxy groups -OCH3 is 1. The van der Waals surface area contributed by atoms with Crippen LogP contribution in [0.15, 0.2) is 42.5 Å². The predicted octanol–water partition coefficient (Wildman–Crippen LogP) is 3.23. The van der Waals surface area contributed by atoms with Crippen LogP contribution in [0.25, 0.3) is 0 Å². The molecule has 4 nitrogen and oxygen atoms in total. The second kappa shape index (κ2) is 7.51. The Bertz CT molecular complexity index is 767. The molecule has 0 radical (unpaired) electrons. The van der Waals surface area contributed by atoms with Gasteiger partial charge in [0.1, 0.15) is 17.4 Å². The first-order valence-electron chi connectivity index (χ1n) is 8.19. The number of hydrogen-bond donors (Lipinski definition) is 1. The number of hydrogen-bond acceptors (Lipinski definition) is 3. The maximum absolute atomic E-state index is 13.6. The van der Waals surface area contributed by atoms with Crippen molar-refractivity contribution in [2.75, 3.05) is 31.6 Å². The van der Waals surface area contributed by atoms with E-state index >= 15 is 0 Å². The van der Waals surface area contributed by atoms with Gasteiger partial charge in [0.15, 0.2) is 0 Å². The zero-order valence-corrected chi connectivity index (χ0v) is 14.0. The summed E-state index contributed by atoms with van der Waals surface area (Å²) in [4.78, 5) is 14.3. The van der Waals surface area contributed by atoms with Crippen molar-refractivity contribution in [3.05, 3.63) is 59.7 Å². The van der Waals surface area contributed by atoms with Gasteiger partial charge in [-0.3, -0.25) is 4.79 Å². The fourth-order valence-electron chi connectivity index (χ4n) is 3.05. The first kappa shape index (κ1) is 17.2. The normalized spacial score (nSPS) is 16.8. The van der Waals surface area contributed by atoms with E-state index in [4.69, 9.17) is 4.74 Å². The lowest BCUT2D eigenvalue weighted by molar-refractivity contribution is 0.0944. The van der Waals surface area contributed by atoms with E-state index in [2.05, 4.69) is 10.2 Å². The van der Waals surface area contributed by atoms with E-state index in [0.29, 0.717) is 6.54 Å². The minimum Gasteiger partial charge on any atom is -0.497 e. The molecule has 1 aliphatic rings. The smallest absolute Gasteiger partial charge is 0.254 e. The van der Waals surface area contributed by atoms with Crippen molar-refractivity contribution >= 4 is 11.6 Å². The average molecular weight is 346 g/mol. The quantitative estimate of drug-likeness (QED) is 0.904. The summed E-state index contributed by atoms with van der Waals surface area (Å²) in [5.74, 6) is -0.974. The van der Waals surface area contributed by atoms with E-state index in [1.807, 2.05) is 24.3 Å². The van der Waals surface area contributed by atoms with Crippen molar-refractivity contribution in [2.24, 2.45) is 5.92 Å². The van der Waals surface area contributed by atoms with Crippen molar-refractivity contribution in [3.63, 3.8) is 0 Å². The molecule has 1 saturated heterocycles. The molecule has 2 aromatic rings. The Kier molecular flexibility index (Phi) is 5.16. The fraction of sp³-hybridized carbons (Fsp3) is 0.316. The lowest BCUT2D eigenvalue weighted by Crippen LogP contribution is -2.31. The van der Waals surface area contributed by atoms with Gasteiger partial charge in [-0.15, -0.1) is 0 Å². The molecule has 0 unspecified atom stereocenters. The van der Waals surface area contributed by atoms with E-state index < -0.39 is 17.5 Å². The van der Waals surface area contributed by atoms with E-state index in [9.17, 15) is 13.6 Å². The molecule has 1 fully saturated rings. The highest BCUT2D eigenvalue weighted by atomic mass is 19.1. The molecule has 0 aromatic heterocycles. The molecular weight excluding hydrogens is 326 g/mol. The predicted molar refractivity (Wildman–Crippen MR) is 92.0 cm³/mol. The van der Waals surface area contributed by atoms with Gasteiger partial charge in [-0.05, 0) is 36.6 Å². The minimum atomic E-state index is -0.845. The van der Waals surface area contributed by atoms with E-state index in [0.717, 1.165) is 49.1 Å². The van der Waals surface area contributed by atoms with Crippen LogP contribution in [0.4, 0.5) is 14.5 Å². The molecule has 6 heteroatoms. The van der Waals surface area contributed by atoms with Crippen molar-refractivity contribution in [2.45, 2.75) is 6.42 Å². The molecule has 0 bridgehead atoms. The lowest BCUT2D eigenvalue weighted by Gasteiger charge is -2.19. The summed E-state index contributed by atoms with van der Waals surface area (Å²) in [7, 11) is 1.63. The van der Waals surface area contributed by atoms with Crippen LogP contribution in [-0.2, 0) is 0 Å². The highest BCUT2D eigenvalue weighted by molar-refractivity contribution is 5.94. The zero-order valence-electron chi connectivity index (χ0n) is 14.0. The average Bonchev–Trinajstić information content (AvgIpc) is 3.09. The van der Waals surface area contributed by atoms with Crippen LogP contribution in [0.3, 0.4) is 0 Å². The van der Waals surface area contributed by atoms with Crippen LogP contribution in [0.2, 0.25) is 0 Å². The van der Waals surface area contributed by atoms with Gasteiger partial charge in [0.05, 0.1) is 12.7 Å². The van der Waals surface area contributed by atoms with E-state index in [1.165, 1.54) is 0 Å². The molecule has 3 rings (SSSR count). The number of anilines is 1. The second-order valence-corrected chi connectivity index (χ2v) is 6.14. The number of halogens is 2. The Hall–Kier alpha value is -2.63. The Morgan fingerprint density at radius 3 is 2.88 bits per heavy atom. The van der Waals surface area contributed by atoms with Gasteiger partial charge in [-0.25, -0.2) is 8.78 Å². The van der Waals surface area contributed by atoms with Crippen LogP contribution in [-0.4, -0.2) is 32.7 Å². The number of rotatable bonds is 5. The highest BCUT2D eigenvalue weighted by Gasteiger charge is 2.24. The number of nitrogens with one attached hydrogen (secondary N) is 1. The van der Waals surface area contributed by atoms with Crippen LogP contribution >= 0.6 is 0 Å². The maximum Gasteiger partial charge on any atom is 0.254 e. The third kappa shape index (κ3) is 4.07. The highest BCUT2D eigenvalue weighted by Crippen LogP contribution is 2.26. The monoisotopic (exact) mass is 346 g/mol. The molecular formula is C19H20F2N2O2. The van der Waals surface area contributed by atoms with Crippen LogP contribution < -0.4 is 15.0 Å². The topological polar surface area (TPSA) is 41.6 Å². The van der Waals surface area contributed by atoms with Crippen molar-refractivity contribution in [3.8, 4) is 5.75 Å². The van der Waals surface area contributed by atoms with Gasteiger partial charge in [-0.2, -0.15) is 0 Å². The van der Waals surface area contributed by atoms with Crippen LogP contribution in [0, 0.1) is 17.6 Å². The Balaban J connectivity index is 1.55. The molecule has 0 aliphatic carbocycles. The first-order chi connectivity index (χ1) is 12.1. The summed E-state index contributed by atoms with van der Waals surface area (Å²) in [5.41, 5.74) is 0.946. The molecule has 1 atom stereocenters. The fourth-order valence-corrected chi connectivity index (χ4v) is 3.05. The van der Waals surface area contributed by atoms with E-state index in [-0.39, 0.29) is 11.5 Å². The largest absolute Gasteiger partial charge is 0.497 e. The molecule has 2 aromatic carbocycles. The Morgan fingerprint density at radius 2 is 2.12 bits per heavy atom. The third-order valence-electron chi connectivity index (χ3n) is 4.43. The molecule has 1 amide bonds. The summed E-state index contributed by atoms with van der Waals surface area (Å²) >= 11 is 0.